The van der Waals surface area contributed by atoms with Crippen molar-refractivity contribution in [3.05, 3.63) is 70.5 Å². The van der Waals surface area contributed by atoms with Crippen molar-refractivity contribution in [2.24, 2.45) is 0 Å². The van der Waals surface area contributed by atoms with Gasteiger partial charge in [-0.15, -0.1) is 0 Å². The molecule has 112 valence electrons. The van der Waals surface area contributed by atoms with Crippen molar-refractivity contribution in [3.63, 3.8) is 0 Å². The summed E-state index contributed by atoms with van der Waals surface area (Å²) in [4.78, 5) is 19.0. The van der Waals surface area contributed by atoms with Crippen LogP contribution < -0.4 is 5.32 Å². The Balaban J connectivity index is 2.18. The van der Waals surface area contributed by atoms with Gasteiger partial charge < -0.3 is 9.79 Å². The summed E-state index contributed by atoms with van der Waals surface area (Å²) in [6.07, 6.45) is 0. The zero-order valence-electron chi connectivity index (χ0n) is 10.9. The number of nitrogens with one attached hydrogen (secondary N) is 1. The lowest BCUT2D eigenvalue weighted by atomic mass is 10.2. The molecule has 0 fully saturated rings. The minimum atomic E-state index is -4.41. The molecule has 0 bridgehead atoms. The second-order valence-electron chi connectivity index (χ2n) is 4.55. The van der Waals surface area contributed by atoms with Crippen LogP contribution in [-0.4, -0.2) is 9.79 Å². The molecule has 7 heteroatoms. The Hall–Kier alpha value is -1.23. The van der Waals surface area contributed by atoms with E-state index in [4.69, 9.17) is 11.6 Å². The fraction of sp³-hybridized carbons (Fsp3) is 0.143. The van der Waals surface area contributed by atoms with E-state index in [1.807, 2.05) is 0 Å². The van der Waals surface area contributed by atoms with Gasteiger partial charge >= 0.3 is 7.60 Å². The zero-order chi connectivity index (χ0) is 15.5. The Kier molecular flexibility index (Phi) is 5.14. The first kappa shape index (κ1) is 16.1. The van der Waals surface area contributed by atoms with Crippen LogP contribution in [0.15, 0.2) is 48.5 Å². The molecule has 0 radical (unpaired) electrons. The third-order valence-corrected chi connectivity index (χ3v) is 4.30. The van der Waals surface area contributed by atoms with Crippen LogP contribution in [0, 0.1) is 5.82 Å². The highest BCUT2D eigenvalue weighted by molar-refractivity contribution is 7.52. The summed E-state index contributed by atoms with van der Waals surface area (Å²) in [7, 11) is -4.41. The molecule has 0 aromatic heterocycles. The second kappa shape index (κ2) is 6.69. The van der Waals surface area contributed by atoms with E-state index in [2.05, 4.69) is 5.32 Å². The minimum Gasteiger partial charge on any atom is -0.323 e. The highest BCUT2D eigenvalue weighted by Crippen LogP contribution is 2.50. The van der Waals surface area contributed by atoms with Gasteiger partial charge in [-0.05, 0) is 35.4 Å². The minimum absolute atomic E-state index is 0.197. The molecule has 21 heavy (non-hydrogen) atoms. The lowest BCUT2D eigenvalue weighted by Gasteiger charge is -2.20. The van der Waals surface area contributed by atoms with Gasteiger partial charge in [0, 0.05) is 11.6 Å². The lowest BCUT2D eigenvalue weighted by Crippen LogP contribution is -2.21. The third kappa shape index (κ3) is 4.63. The Morgan fingerprint density at radius 1 is 1.19 bits per heavy atom. The number of rotatable bonds is 5. The maximum absolute atomic E-state index is 12.8. The van der Waals surface area contributed by atoms with Crippen molar-refractivity contribution in [3.8, 4) is 0 Å². The van der Waals surface area contributed by atoms with Crippen molar-refractivity contribution >= 4 is 19.2 Å². The molecule has 2 rings (SSSR count). The summed E-state index contributed by atoms with van der Waals surface area (Å²) in [5.74, 6) is -1.53. The van der Waals surface area contributed by atoms with Crippen molar-refractivity contribution in [1.82, 2.24) is 5.32 Å². The smallest absolute Gasteiger partial charge is 0.323 e. The van der Waals surface area contributed by atoms with Crippen LogP contribution in [0.25, 0.3) is 0 Å². The molecule has 0 saturated carbocycles. The second-order valence-corrected chi connectivity index (χ2v) is 6.69. The summed E-state index contributed by atoms with van der Waals surface area (Å²) in [5, 5.41) is 3.19. The van der Waals surface area contributed by atoms with Crippen molar-refractivity contribution in [2.45, 2.75) is 12.3 Å². The molecule has 3 N–H and O–H groups in total. The van der Waals surface area contributed by atoms with Crippen LogP contribution in [0.1, 0.15) is 16.9 Å². The SMILES string of the molecule is O=P(O)(O)[C@@H](NCc1ccc(F)cc1)c1cccc(Cl)c1. The number of hydrogen-bond donors (Lipinski definition) is 3. The van der Waals surface area contributed by atoms with Crippen LogP contribution in [0.4, 0.5) is 4.39 Å². The summed E-state index contributed by atoms with van der Waals surface area (Å²) in [5.41, 5.74) is 1.12. The lowest BCUT2D eigenvalue weighted by molar-refractivity contribution is 0.347. The highest BCUT2D eigenvalue weighted by atomic mass is 35.5. The van der Waals surface area contributed by atoms with Gasteiger partial charge in [-0.2, -0.15) is 0 Å². The number of halogens is 2. The van der Waals surface area contributed by atoms with E-state index in [0.29, 0.717) is 10.6 Å². The van der Waals surface area contributed by atoms with Crippen LogP contribution in [0.5, 0.6) is 0 Å². The van der Waals surface area contributed by atoms with E-state index in [1.165, 1.54) is 18.2 Å². The molecular weight excluding hydrogens is 316 g/mol. The maximum Gasteiger partial charge on any atom is 0.346 e. The van der Waals surface area contributed by atoms with E-state index in [9.17, 15) is 18.7 Å². The molecule has 0 aliphatic carbocycles. The number of hydrogen-bond acceptors (Lipinski definition) is 2. The van der Waals surface area contributed by atoms with E-state index >= 15 is 0 Å². The first-order valence-electron chi connectivity index (χ1n) is 6.15. The average molecular weight is 330 g/mol. The fourth-order valence-electron chi connectivity index (χ4n) is 1.92. The Morgan fingerprint density at radius 3 is 2.43 bits per heavy atom. The van der Waals surface area contributed by atoms with Crippen LogP contribution in [-0.2, 0) is 11.1 Å². The van der Waals surface area contributed by atoms with Gasteiger partial charge in [0.05, 0.1) is 0 Å². The topological polar surface area (TPSA) is 69.6 Å². The Bertz CT molecular complexity index is 660. The van der Waals surface area contributed by atoms with E-state index in [-0.39, 0.29) is 12.4 Å². The summed E-state index contributed by atoms with van der Waals surface area (Å²) < 4.78 is 24.5. The molecule has 1 atom stereocenters. The quantitative estimate of drug-likeness (QED) is 0.735. The van der Waals surface area contributed by atoms with Crippen molar-refractivity contribution < 1.29 is 18.7 Å². The normalized spacial score (nSPS) is 13.1. The summed E-state index contributed by atoms with van der Waals surface area (Å²) in [6.45, 7) is 0.197. The van der Waals surface area contributed by atoms with Crippen molar-refractivity contribution in [2.75, 3.05) is 0 Å². The molecule has 0 spiro atoms. The Labute approximate surface area is 126 Å². The van der Waals surface area contributed by atoms with Gasteiger partial charge in [0.15, 0.2) is 0 Å². The molecule has 0 saturated heterocycles. The Morgan fingerprint density at radius 2 is 1.86 bits per heavy atom. The van der Waals surface area contributed by atoms with Gasteiger partial charge in [0.1, 0.15) is 11.6 Å². The highest BCUT2D eigenvalue weighted by Gasteiger charge is 2.30. The largest absolute Gasteiger partial charge is 0.346 e. The summed E-state index contributed by atoms with van der Waals surface area (Å²) in [6, 6.07) is 12.0. The van der Waals surface area contributed by atoms with E-state index in [1.54, 1.807) is 30.3 Å². The predicted octanol–water partition coefficient (Wildman–Crippen LogP) is 3.45. The molecule has 2 aromatic rings. The maximum atomic E-state index is 12.8. The average Bonchev–Trinajstić information content (AvgIpc) is 2.40. The van der Waals surface area contributed by atoms with Crippen LogP contribution in [0.3, 0.4) is 0 Å². The molecule has 4 nitrogen and oxygen atoms in total. The summed E-state index contributed by atoms with van der Waals surface area (Å²) >= 11 is 5.85. The monoisotopic (exact) mass is 329 g/mol. The van der Waals surface area contributed by atoms with Crippen LogP contribution >= 0.6 is 19.2 Å². The van der Waals surface area contributed by atoms with Gasteiger partial charge in [-0.1, -0.05) is 35.9 Å². The molecule has 0 heterocycles. The molecule has 2 aromatic carbocycles. The molecule has 0 amide bonds. The number of benzene rings is 2. The van der Waals surface area contributed by atoms with Crippen LogP contribution in [0.2, 0.25) is 5.02 Å². The molecule has 0 aliphatic heterocycles. The van der Waals surface area contributed by atoms with Gasteiger partial charge in [0.2, 0.25) is 0 Å². The fourth-order valence-corrected chi connectivity index (χ4v) is 3.00. The standard InChI is InChI=1S/C14H14ClFNO3P/c15-12-3-1-2-11(8-12)14(21(18,19)20)17-9-10-4-6-13(16)7-5-10/h1-8,14,17H,9H2,(H2,18,19,20)/t14-/m1/s1. The zero-order valence-corrected chi connectivity index (χ0v) is 12.6. The van der Waals surface area contributed by atoms with E-state index in [0.717, 1.165) is 5.56 Å². The third-order valence-electron chi connectivity index (χ3n) is 2.91. The van der Waals surface area contributed by atoms with Crippen molar-refractivity contribution in [1.29, 1.82) is 0 Å². The first-order valence-corrected chi connectivity index (χ1v) is 8.21. The predicted molar refractivity (Wildman–Crippen MR) is 79.5 cm³/mol. The van der Waals surface area contributed by atoms with Gasteiger partial charge in [-0.3, -0.25) is 9.88 Å². The molecule has 0 unspecified atom stereocenters. The van der Waals surface area contributed by atoms with E-state index < -0.39 is 13.4 Å². The molecular formula is C14H14ClFNO3P. The van der Waals surface area contributed by atoms with Gasteiger partial charge in [0.25, 0.3) is 0 Å². The first-order chi connectivity index (χ1) is 9.86. The molecule has 0 aliphatic rings. The van der Waals surface area contributed by atoms with Gasteiger partial charge in [-0.25, -0.2) is 4.39 Å².